The molecule has 0 aromatic carbocycles. The largest absolute Gasteiger partial charge is 0.305 e. The third-order valence-corrected chi connectivity index (χ3v) is 4.10. The van der Waals surface area contributed by atoms with E-state index in [1.807, 2.05) is 21.6 Å². The summed E-state index contributed by atoms with van der Waals surface area (Å²) in [6.07, 6.45) is 2.14. The van der Waals surface area contributed by atoms with E-state index in [2.05, 4.69) is 39.0 Å². The minimum Gasteiger partial charge on any atom is -0.305 e. The lowest BCUT2D eigenvalue weighted by Gasteiger charge is -2.27. The molecule has 0 spiro atoms. The zero-order valence-electron chi connectivity index (χ0n) is 8.18. The van der Waals surface area contributed by atoms with Gasteiger partial charge < -0.3 is 4.90 Å². The van der Waals surface area contributed by atoms with E-state index in [0.29, 0.717) is 4.75 Å². The van der Waals surface area contributed by atoms with Crippen molar-refractivity contribution in [1.29, 1.82) is 0 Å². The van der Waals surface area contributed by atoms with Gasteiger partial charge in [-0.2, -0.15) is 0 Å². The van der Waals surface area contributed by atoms with Crippen LogP contribution in [0.4, 0.5) is 0 Å². The second kappa shape index (κ2) is 5.33. The molecule has 0 bridgehead atoms. The summed E-state index contributed by atoms with van der Waals surface area (Å²) < 4.78 is 0.379. The SMILES string of the molecule is CCN(C)CC(C)(C)SSC. The van der Waals surface area contributed by atoms with E-state index in [9.17, 15) is 0 Å². The lowest BCUT2D eigenvalue weighted by Crippen LogP contribution is -2.33. The van der Waals surface area contributed by atoms with Crippen molar-refractivity contribution in [3.8, 4) is 0 Å². The van der Waals surface area contributed by atoms with Crippen LogP contribution in [0.1, 0.15) is 20.8 Å². The maximum absolute atomic E-state index is 2.35. The van der Waals surface area contributed by atoms with E-state index in [0.717, 1.165) is 13.1 Å². The summed E-state index contributed by atoms with van der Waals surface area (Å²) in [7, 11) is 5.97. The Bertz CT molecular complexity index is 104. The molecule has 0 saturated carbocycles. The van der Waals surface area contributed by atoms with E-state index in [1.165, 1.54) is 0 Å². The van der Waals surface area contributed by atoms with E-state index < -0.39 is 0 Å². The van der Waals surface area contributed by atoms with E-state index in [-0.39, 0.29) is 0 Å². The topological polar surface area (TPSA) is 3.24 Å². The summed E-state index contributed by atoms with van der Waals surface area (Å²) in [4.78, 5) is 2.35. The quantitative estimate of drug-likeness (QED) is 0.618. The van der Waals surface area contributed by atoms with Crippen LogP contribution in [0.2, 0.25) is 0 Å². The van der Waals surface area contributed by atoms with Gasteiger partial charge in [0.05, 0.1) is 0 Å². The first-order valence-electron chi connectivity index (χ1n) is 3.92. The van der Waals surface area contributed by atoms with Crippen LogP contribution in [0.3, 0.4) is 0 Å². The summed E-state index contributed by atoms with van der Waals surface area (Å²) in [6, 6.07) is 0. The van der Waals surface area contributed by atoms with Gasteiger partial charge in [0.2, 0.25) is 0 Å². The molecule has 0 saturated heterocycles. The number of nitrogens with zero attached hydrogens (tertiary/aromatic N) is 1. The molecule has 0 aromatic heterocycles. The van der Waals surface area contributed by atoms with Gasteiger partial charge in [0.15, 0.2) is 0 Å². The highest BCUT2D eigenvalue weighted by Gasteiger charge is 2.19. The smallest absolute Gasteiger partial charge is 0.0334 e. The Morgan fingerprint density at radius 2 is 1.91 bits per heavy atom. The molecule has 1 nitrogen and oxygen atoms in total. The fourth-order valence-corrected chi connectivity index (χ4v) is 3.25. The molecule has 0 fully saturated rings. The Labute approximate surface area is 78.7 Å². The molecular weight excluding hydrogens is 174 g/mol. The highest BCUT2D eigenvalue weighted by molar-refractivity contribution is 8.76. The van der Waals surface area contributed by atoms with Crippen molar-refractivity contribution in [2.75, 3.05) is 26.4 Å². The minimum atomic E-state index is 0.379. The molecule has 68 valence electrons. The molecule has 0 aliphatic rings. The predicted octanol–water partition coefficient (Wildman–Crippen LogP) is 2.73. The lowest BCUT2D eigenvalue weighted by atomic mass is 10.2. The molecule has 0 N–H and O–H groups in total. The van der Waals surface area contributed by atoms with Gasteiger partial charge in [-0.15, -0.1) is 0 Å². The van der Waals surface area contributed by atoms with Gasteiger partial charge >= 0.3 is 0 Å². The second-order valence-corrected chi connectivity index (χ2v) is 6.45. The molecule has 0 amide bonds. The number of rotatable bonds is 5. The van der Waals surface area contributed by atoms with Crippen molar-refractivity contribution >= 4 is 21.6 Å². The molecular formula is C8H19NS2. The zero-order valence-corrected chi connectivity index (χ0v) is 9.81. The van der Waals surface area contributed by atoms with E-state index >= 15 is 0 Å². The summed E-state index contributed by atoms with van der Waals surface area (Å²) in [5.41, 5.74) is 0. The predicted molar refractivity (Wildman–Crippen MR) is 58.4 cm³/mol. The summed E-state index contributed by atoms with van der Waals surface area (Å²) >= 11 is 0. The Morgan fingerprint density at radius 1 is 1.36 bits per heavy atom. The second-order valence-electron chi connectivity index (χ2n) is 3.34. The maximum atomic E-state index is 2.35. The third kappa shape index (κ3) is 5.88. The van der Waals surface area contributed by atoms with Gasteiger partial charge in [0.25, 0.3) is 0 Å². The Kier molecular flexibility index (Phi) is 5.65. The van der Waals surface area contributed by atoms with Crippen molar-refractivity contribution < 1.29 is 0 Å². The van der Waals surface area contributed by atoms with Crippen LogP contribution in [0, 0.1) is 0 Å². The zero-order chi connectivity index (χ0) is 8.91. The molecule has 0 rings (SSSR count). The van der Waals surface area contributed by atoms with Crippen LogP contribution in [0.15, 0.2) is 0 Å². The molecule has 0 aliphatic carbocycles. The molecule has 0 aromatic rings. The van der Waals surface area contributed by atoms with Crippen LogP contribution < -0.4 is 0 Å². The standard InChI is InChI=1S/C8H19NS2/c1-6-9(4)7-8(2,3)11-10-5/h6-7H2,1-5H3. The Balaban J connectivity index is 3.70. The summed E-state index contributed by atoms with van der Waals surface area (Å²) in [6.45, 7) is 9.08. The fourth-order valence-electron chi connectivity index (χ4n) is 1.01. The van der Waals surface area contributed by atoms with E-state index in [1.54, 1.807) is 0 Å². The van der Waals surface area contributed by atoms with Crippen molar-refractivity contribution in [2.45, 2.75) is 25.5 Å². The molecule has 0 atom stereocenters. The molecule has 0 unspecified atom stereocenters. The van der Waals surface area contributed by atoms with Crippen molar-refractivity contribution in [3.05, 3.63) is 0 Å². The summed E-state index contributed by atoms with van der Waals surface area (Å²) in [5, 5.41) is 0. The Morgan fingerprint density at radius 3 is 2.27 bits per heavy atom. The van der Waals surface area contributed by atoms with Crippen LogP contribution in [-0.4, -0.2) is 36.0 Å². The molecule has 11 heavy (non-hydrogen) atoms. The molecule has 0 heterocycles. The first-order chi connectivity index (χ1) is 5.02. The first-order valence-corrected chi connectivity index (χ1v) is 6.48. The highest BCUT2D eigenvalue weighted by Crippen LogP contribution is 2.33. The van der Waals surface area contributed by atoms with Gasteiger partial charge in [0, 0.05) is 11.3 Å². The van der Waals surface area contributed by atoms with E-state index in [4.69, 9.17) is 0 Å². The van der Waals surface area contributed by atoms with Gasteiger partial charge in [0.1, 0.15) is 0 Å². The molecule has 0 aliphatic heterocycles. The first kappa shape index (κ1) is 11.7. The van der Waals surface area contributed by atoms with Crippen LogP contribution >= 0.6 is 21.6 Å². The summed E-state index contributed by atoms with van der Waals surface area (Å²) in [5.74, 6) is 0. The van der Waals surface area contributed by atoms with Crippen molar-refractivity contribution in [1.82, 2.24) is 4.90 Å². The minimum absolute atomic E-state index is 0.379. The van der Waals surface area contributed by atoms with Gasteiger partial charge in [-0.25, -0.2) is 0 Å². The van der Waals surface area contributed by atoms with Crippen LogP contribution in [-0.2, 0) is 0 Å². The van der Waals surface area contributed by atoms with Crippen LogP contribution in [0.5, 0.6) is 0 Å². The van der Waals surface area contributed by atoms with Crippen LogP contribution in [0.25, 0.3) is 0 Å². The monoisotopic (exact) mass is 193 g/mol. The Hall–Kier alpha value is 0.660. The number of hydrogen-bond acceptors (Lipinski definition) is 3. The molecule has 3 heteroatoms. The van der Waals surface area contributed by atoms with Gasteiger partial charge in [-0.1, -0.05) is 28.5 Å². The fraction of sp³-hybridized carbons (Fsp3) is 1.00. The lowest BCUT2D eigenvalue weighted by molar-refractivity contribution is 0.327. The average molecular weight is 193 g/mol. The van der Waals surface area contributed by atoms with Gasteiger partial charge in [-0.05, 0) is 33.7 Å². The maximum Gasteiger partial charge on any atom is 0.0334 e. The third-order valence-electron chi connectivity index (χ3n) is 1.50. The average Bonchev–Trinajstić information content (AvgIpc) is 1.86. The highest BCUT2D eigenvalue weighted by atomic mass is 33.1. The van der Waals surface area contributed by atoms with Crippen molar-refractivity contribution in [2.24, 2.45) is 0 Å². The number of hydrogen-bond donors (Lipinski definition) is 0. The van der Waals surface area contributed by atoms with Crippen molar-refractivity contribution in [3.63, 3.8) is 0 Å². The van der Waals surface area contributed by atoms with Gasteiger partial charge in [-0.3, -0.25) is 0 Å². The molecule has 0 radical (unpaired) electrons. The normalized spacial score (nSPS) is 12.5.